The van der Waals surface area contributed by atoms with Crippen molar-refractivity contribution in [1.82, 2.24) is 9.29 Å². The van der Waals surface area contributed by atoms with Crippen molar-refractivity contribution in [3.8, 4) is 0 Å². The molecule has 0 atom stereocenters. The number of aromatic nitrogens is 1. The van der Waals surface area contributed by atoms with E-state index < -0.39 is 20.0 Å². The molecule has 0 radical (unpaired) electrons. The van der Waals surface area contributed by atoms with Crippen LogP contribution in [0.3, 0.4) is 0 Å². The molecule has 1 aromatic carbocycles. The molecule has 156 valence electrons. The number of anilines is 1. The summed E-state index contributed by atoms with van der Waals surface area (Å²) in [6.07, 6.45) is 1.65. The summed E-state index contributed by atoms with van der Waals surface area (Å²) in [4.78, 5) is 4.35. The molecule has 0 saturated carbocycles. The van der Waals surface area contributed by atoms with Gasteiger partial charge >= 0.3 is 0 Å². The highest BCUT2D eigenvalue weighted by Crippen LogP contribution is 2.33. The molecule has 29 heavy (non-hydrogen) atoms. The zero-order valence-electron chi connectivity index (χ0n) is 16.0. The van der Waals surface area contributed by atoms with Gasteiger partial charge in [0.2, 0.25) is 0 Å². The van der Waals surface area contributed by atoms with E-state index in [4.69, 9.17) is 0 Å². The average Bonchev–Trinajstić information content (AvgIpc) is 3.39. The number of nitrogens with one attached hydrogen (secondary N) is 1. The zero-order valence-corrected chi connectivity index (χ0v) is 19.2. The Morgan fingerprint density at radius 3 is 2.38 bits per heavy atom. The van der Waals surface area contributed by atoms with Crippen molar-refractivity contribution in [2.75, 3.05) is 17.8 Å². The molecule has 1 N–H and O–H groups in total. The molecule has 3 heterocycles. The van der Waals surface area contributed by atoms with Crippen LogP contribution in [0, 0.1) is 0 Å². The zero-order chi connectivity index (χ0) is 20.8. The Bertz CT molecular complexity index is 1250. The van der Waals surface area contributed by atoms with Gasteiger partial charge in [-0.3, -0.25) is 4.72 Å². The average molecular weight is 472 g/mol. The van der Waals surface area contributed by atoms with Crippen molar-refractivity contribution in [1.29, 1.82) is 0 Å². The highest BCUT2D eigenvalue weighted by Gasteiger charge is 2.30. The Morgan fingerprint density at radius 2 is 1.69 bits per heavy atom. The van der Waals surface area contributed by atoms with Crippen LogP contribution in [0.4, 0.5) is 5.13 Å². The molecule has 4 rings (SSSR count). The molecule has 1 aliphatic rings. The van der Waals surface area contributed by atoms with Crippen molar-refractivity contribution in [2.24, 2.45) is 0 Å². The first kappa shape index (κ1) is 20.7. The van der Waals surface area contributed by atoms with Crippen molar-refractivity contribution >= 4 is 58.1 Å². The minimum atomic E-state index is -3.92. The van der Waals surface area contributed by atoms with E-state index in [1.54, 1.807) is 0 Å². The van der Waals surface area contributed by atoms with Crippen molar-refractivity contribution in [3.05, 3.63) is 35.9 Å². The Morgan fingerprint density at radius 1 is 1.00 bits per heavy atom. The smallest absolute Gasteiger partial charge is 0.254 e. The molecule has 0 spiro atoms. The number of thiophene rings is 1. The minimum Gasteiger partial charge on any atom is -0.254 e. The van der Waals surface area contributed by atoms with Gasteiger partial charge in [-0.15, -0.1) is 11.3 Å². The van der Waals surface area contributed by atoms with E-state index in [2.05, 4.69) is 23.6 Å². The van der Waals surface area contributed by atoms with Gasteiger partial charge < -0.3 is 0 Å². The Hall–Kier alpha value is -1.53. The Labute approximate surface area is 178 Å². The summed E-state index contributed by atoms with van der Waals surface area (Å²) < 4.78 is 55.6. The Balaban J connectivity index is 1.59. The SMILES string of the molecule is CC(C)c1ccc2nc(NS(=O)(=O)c3ccc(S(=O)(=O)N4CCCC4)s3)sc2c1. The molecule has 11 heteroatoms. The molecule has 3 aromatic rings. The van der Waals surface area contributed by atoms with Gasteiger partial charge in [0.1, 0.15) is 8.42 Å². The summed E-state index contributed by atoms with van der Waals surface area (Å²) in [6, 6.07) is 8.58. The number of benzene rings is 1. The van der Waals surface area contributed by atoms with Gasteiger partial charge in [-0.05, 0) is 48.6 Å². The van der Waals surface area contributed by atoms with E-state index in [0.717, 1.165) is 40.0 Å². The van der Waals surface area contributed by atoms with Gasteiger partial charge in [0.05, 0.1) is 10.2 Å². The lowest BCUT2D eigenvalue weighted by Gasteiger charge is -2.13. The van der Waals surface area contributed by atoms with Gasteiger partial charge in [0, 0.05) is 13.1 Å². The van der Waals surface area contributed by atoms with Crippen LogP contribution in [0.5, 0.6) is 0 Å². The maximum absolute atomic E-state index is 12.8. The molecule has 0 bridgehead atoms. The van der Waals surface area contributed by atoms with E-state index in [-0.39, 0.29) is 13.5 Å². The van der Waals surface area contributed by atoms with Crippen LogP contribution in [0.2, 0.25) is 0 Å². The van der Waals surface area contributed by atoms with Crippen LogP contribution < -0.4 is 4.72 Å². The van der Waals surface area contributed by atoms with Crippen LogP contribution >= 0.6 is 22.7 Å². The minimum absolute atomic E-state index is 0.0441. The van der Waals surface area contributed by atoms with Crippen LogP contribution in [-0.4, -0.2) is 39.2 Å². The maximum Gasteiger partial charge on any atom is 0.273 e. The number of rotatable bonds is 6. The summed E-state index contributed by atoms with van der Waals surface area (Å²) in [6.45, 7) is 5.14. The summed E-state index contributed by atoms with van der Waals surface area (Å²) in [5.41, 5.74) is 1.88. The topological polar surface area (TPSA) is 96.4 Å². The molecule has 1 saturated heterocycles. The first-order valence-electron chi connectivity index (χ1n) is 9.20. The summed E-state index contributed by atoms with van der Waals surface area (Å²) in [5.74, 6) is 0.365. The number of sulfonamides is 2. The van der Waals surface area contributed by atoms with E-state index in [0.29, 0.717) is 19.0 Å². The molecule has 2 aromatic heterocycles. The van der Waals surface area contributed by atoms with Gasteiger partial charge in [-0.1, -0.05) is 31.3 Å². The van der Waals surface area contributed by atoms with Crippen LogP contribution in [0.15, 0.2) is 38.8 Å². The van der Waals surface area contributed by atoms with Gasteiger partial charge in [-0.25, -0.2) is 21.8 Å². The molecule has 0 aliphatic carbocycles. The molecule has 0 unspecified atom stereocenters. The molecule has 7 nitrogen and oxygen atoms in total. The maximum atomic E-state index is 12.8. The van der Waals surface area contributed by atoms with E-state index >= 15 is 0 Å². The normalized spacial score (nSPS) is 16.1. The lowest BCUT2D eigenvalue weighted by atomic mass is 10.0. The number of hydrogen-bond acceptors (Lipinski definition) is 7. The monoisotopic (exact) mass is 471 g/mol. The van der Waals surface area contributed by atoms with Gasteiger partial charge in [-0.2, -0.15) is 4.31 Å². The predicted molar refractivity (Wildman–Crippen MR) is 117 cm³/mol. The fraction of sp³-hybridized carbons (Fsp3) is 0.389. The first-order chi connectivity index (χ1) is 13.7. The predicted octanol–water partition coefficient (Wildman–Crippen LogP) is 4.07. The van der Waals surface area contributed by atoms with Gasteiger partial charge in [0.15, 0.2) is 5.13 Å². The third-order valence-corrected chi connectivity index (χ3v) is 11.1. The Kier molecular flexibility index (Phi) is 5.45. The molecule has 1 aliphatic heterocycles. The highest BCUT2D eigenvalue weighted by atomic mass is 32.3. The van der Waals surface area contributed by atoms with Crippen LogP contribution in [0.1, 0.15) is 38.2 Å². The fourth-order valence-electron chi connectivity index (χ4n) is 3.15. The third-order valence-electron chi connectivity index (χ3n) is 4.78. The van der Waals surface area contributed by atoms with Crippen molar-refractivity contribution < 1.29 is 16.8 Å². The standard InChI is InChI=1S/C18H21N3O4S4/c1-12(2)13-5-6-14-15(11-13)26-18(19-14)20-28(22,23)16-7-8-17(27-16)29(24,25)21-9-3-4-10-21/h5-8,11-12H,3-4,9-10H2,1-2H3,(H,19,20). The lowest BCUT2D eigenvalue weighted by Crippen LogP contribution is -2.27. The highest BCUT2D eigenvalue weighted by molar-refractivity contribution is 7.96. The second kappa shape index (κ2) is 7.62. The van der Waals surface area contributed by atoms with Crippen LogP contribution in [0.25, 0.3) is 10.2 Å². The summed E-state index contributed by atoms with van der Waals surface area (Å²) in [5, 5.41) is 0.262. The number of hydrogen-bond donors (Lipinski definition) is 1. The van der Waals surface area contributed by atoms with E-state index in [1.807, 2.05) is 18.2 Å². The second-order valence-corrected chi connectivity index (χ2v) is 13.4. The first-order valence-corrected chi connectivity index (χ1v) is 13.8. The number of thiazole rings is 1. The lowest BCUT2D eigenvalue weighted by molar-refractivity contribution is 0.479. The molecular weight excluding hydrogens is 450 g/mol. The second-order valence-electron chi connectivity index (χ2n) is 7.19. The van der Waals surface area contributed by atoms with Crippen molar-refractivity contribution in [2.45, 2.75) is 41.0 Å². The van der Waals surface area contributed by atoms with E-state index in [1.165, 1.54) is 27.8 Å². The van der Waals surface area contributed by atoms with Crippen molar-refractivity contribution in [3.63, 3.8) is 0 Å². The fourth-order valence-corrected chi connectivity index (χ4v) is 8.74. The third kappa shape index (κ3) is 4.06. The number of fused-ring (bicyclic) bond motifs is 1. The number of nitrogens with zero attached hydrogens (tertiary/aromatic N) is 2. The largest absolute Gasteiger partial charge is 0.273 e. The quantitative estimate of drug-likeness (QED) is 0.585. The van der Waals surface area contributed by atoms with Crippen LogP contribution in [-0.2, 0) is 20.0 Å². The summed E-state index contributed by atoms with van der Waals surface area (Å²) >= 11 is 2.02. The molecule has 0 amide bonds. The molecular formula is C18H21N3O4S4. The molecule has 1 fully saturated rings. The summed E-state index contributed by atoms with van der Waals surface area (Å²) in [7, 11) is -7.55. The van der Waals surface area contributed by atoms with Gasteiger partial charge in [0.25, 0.3) is 20.0 Å². The van der Waals surface area contributed by atoms with E-state index in [9.17, 15) is 16.8 Å².